The van der Waals surface area contributed by atoms with Gasteiger partial charge in [-0.1, -0.05) is 12.1 Å². The van der Waals surface area contributed by atoms with Crippen LogP contribution in [0.2, 0.25) is 0 Å². The van der Waals surface area contributed by atoms with Gasteiger partial charge in [-0.15, -0.1) is 0 Å². The Morgan fingerprint density at radius 3 is 2.97 bits per heavy atom. The van der Waals surface area contributed by atoms with Gasteiger partial charge in [0.1, 0.15) is 6.10 Å². The van der Waals surface area contributed by atoms with Crippen LogP contribution in [0.4, 0.5) is 10.1 Å². The number of rotatable bonds is 8. The molecule has 3 aliphatic rings. The van der Waals surface area contributed by atoms with E-state index in [0.717, 1.165) is 37.1 Å². The molecule has 160 valence electrons. The Labute approximate surface area is 171 Å². The number of halogens is 1. The molecule has 3 atom stereocenters. The monoisotopic (exact) mass is 406 g/mol. The lowest BCUT2D eigenvalue weighted by atomic mass is 10.0. The molecular formula is C21H31FN4O3. The number of carbonyl (C=O) groups excluding carboxylic acids is 1. The smallest absolute Gasteiger partial charge is 0.253 e. The number of fused-ring (bicyclic) bond motifs is 1. The quantitative estimate of drug-likeness (QED) is 0.509. The number of carbonyl (C=O) groups is 1. The van der Waals surface area contributed by atoms with Gasteiger partial charge < -0.3 is 24.7 Å². The molecule has 4 rings (SSSR count). The van der Waals surface area contributed by atoms with Crippen molar-refractivity contribution >= 4 is 11.6 Å². The third kappa shape index (κ3) is 4.40. The highest BCUT2D eigenvalue weighted by molar-refractivity contribution is 5.82. The number of amides is 1. The molecule has 2 aliphatic heterocycles. The number of morpholine rings is 1. The van der Waals surface area contributed by atoms with Crippen LogP contribution in [0.3, 0.4) is 0 Å². The highest BCUT2D eigenvalue weighted by atomic mass is 19.1. The minimum atomic E-state index is -1.21. The van der Waals surface area contributed by atoms with Crippen molar-refractivity contribution in [2.45, 2.75) is 50.7 Å². The summed E-state index contributed by atoms with van der Waals surface area (Å²) in [6.07, 6.45) is 1.22. The molecule has 1 unspecified atom stereocenters. The predicted molar refractivity (Wildman–Crippen MR) is 108 cm³/mol. The second-order valence-corrected chi connectivity index (χ2v) is 8.02. The van der Waals surface area contributed by atoms with Crippen LogP contribution in [0.25, 0.3) is 0 Å². The van der Waals surface area contributed by atoms with Crippen LogP contribution in [0, 0.1) is 0 Å². The number of hydrogen-bond acceptors (Lipinski definition) is 6. The highest BCUT2D eigenvalue weighted by Crippen LogP contribution is 2.39. The molecule has 2 N–H and O–H groups in total. The van der Waals surface area contributed by atoms with Gasteiger partial charge in [0.15, 0.2) is 6.30 Å². The lowest BCUT2D eigenvalue weighted by molar-refractivity contribution is -0.148. The molecule has 1 aliphatic carbocycles. The van der Waals surface area contributed by atoms with Crippen LogP contribution in [0.1, 0.15) is 49.7 Å². The van der Waals surface area contributed by atoms with Crippen molar-refractivity contribution in [3.05, 3.63) is 29.3 Å². The Morgan fingerprint density at radius 2 is 2.28 bits per heavy atom. The topological polar surface area (TPSA) is 66.1 Å². The molecule has 0 aromatic heterocycles. The van der Waals surface area contributed by atoms with Crippen LogP contribution in [0.5, 0.6) is 0 Å². The van der Waals surface area contributed by atoms with Gasteiger partial charge in [-0.25, -0.2) is 4.39 Å². The zero-order valence-corrected chi connectivity index (χ0v) is 17.2. The molecule has 0 radical (unpaired) electrons. The van der Waals surface area contributed by atoms with Crippen molar-refractivity contribution in [3.8, 4) is 0 Å². The van der Waals surface area contributed by atoms with Crippen LogP contribution in [-0.2, 0) is 14.3 Å². The van der Waals surface area contributed by atoms with E-state index in [1.807, 2.05) is 28.1 Å². The molecule has 0 spiro atoms. The molecule has 2 fully saturated rings. The number of methoxy groups -OCH3 is 1. The average molecular weight is 407 g/mol. The number of hydrazine groups is 1. The number of nitrogens with zero attached hydrogens (tertiary/aromatic N) is 2. The van der Waals surface area contributed by atoms with Crippen molar-refractivity contribution < 1.29 is 18.7 Å². The van der Waals surface area contributed by atoms with Crippen molar-refractivity contribution in [1.29, 1.82) is 0 Å². The van der Waals surface area contributed by atoms with E-state index in [1.165, 1.54) is 0 Å². The second kappa shape index (κ2) is 8.95. The van der Waals surface area contributed by atoms with E-state index in [-0.39, 0.29) is 18.0 Å². The highest BCUT2D eigenvalue weighted by Gasteiger charge is 2.40. The summed E-state index contributed by atoms with van der Waals surface area (Å²) in [6.45, 7) is 5.23. The summed E-state index contributed by atoms with van der Waals surface area (Å²) in [5, 5.41) is 5.09. The fourth-order valence-corrected chi connectivity index (χ4v) is 4.19. The van der Waals surface area contributed by atoms with Crippen LogP contribution in [0.15, 0.2) is 18.2 Å². The van der Waals surface area contributed by atoms with E-state index >= 15 is 0 Å². The fraction of sp³-hybridized carbons (Fsp3) is 0.667. The van der Waals surface area contributed by atoms with Crippen LogP contribution >= 0.6 is 0 Å². The van der Waals surface area contributed by atoms with Gasteiger partial charge in [0.05, 0.1) is 18.3 Å². The first-order chi connectivity index (χ1) is 14.1. The number of alkyl halides is 1. The fourth-order valence-electron chi connectivity index (χ4n) is 4.19. The Bertz CT molecular complexity index is 724. The number of ether oxygens (including phenoxy) is 2. The van der Waals surface area contributed by atoms with Gasteiger partial charge in [-0.2, -0.15) is 5.43 Å². The number of anilines is 1. The molecule has 0 bridgehead atoms. The molecular weight excluding hydrogens is 375 g/mol. The van der Waals surface area contributed by atoms with Crippen molar-refractivity contribution in [2.75, 3.05) is 45.0 Å². The Morgan fingerprint density at radius 1 is 1.45 bits per heavy atom. The van der Waals surface area contributed by atoms with Crippen molar-refractivity contribution in [3.63, 3.8) is 0 Å². The first kappa shape index (κ1) is 20.5. The maximum absolute atomic E-state index is 14.4. The lowest BCUT2D eigenvalue weighted by Gasteiger charge is -2.34. The normalized spacial score (nSPS) is 25.0. The van der Waals surface area contributed by atoms with Gasteiger partial charge in [-0.3, -0.25) is 4.79 Å². The van der Waals surface area contributed by atoms with Gasteiger partial charge in [0.2, 0.25) is 0 Å². The summed E-state index contributed by atoms with van der Waals surface area (Å²) in [5.41, 5.74) is 5.39. The Kier molecular flexibility index (Phi) is 6.34. The van der Waals surface area contributed by atoms with E-state index in [9.17, 15) is 9.18 Å². The number of hydrogen-bond donors (Lipinski definition) is 2. The molecule has 1 amide bonds. The van der Waals surface area contributed by atoms with Gasteiger partial charge in [0, 0.05) is 45.0 Å². The third-order valence-corrected chi connectivity index (χ3v) is 5.92. The molecule has 1 aromatic rings. The first-order valence-electron chi connectivity index (χ1n) is 10.5. The largest absolute Gasteiger partial charge is 0.385 e. The third-order valence-electron chi connectivity index (χ3n) is 5.92. The summed E-state index contributed by atoms with van der Waals surface area (Å²) in [5.74, 6) is 0.0474. The second-order valence-electron chi connectivity index (χ2n) is 8.02. The van der Waals surface area contributed by atoms with E-state index in [0.29, 0.717) is 31.9 Å². The Hall–Kier alpha value is -1.74. The predicted octanol–water partition coefficient (Wildman–Crippen LogP) is 2.06. The summed E-state index contributed by atoms with van der Waals surface area (Å²) in [7, 11) is 1.66. The molecule has 1 saturated carbocycles. The standard InChI is InChI=1S/C21H31FN4O3/c1-14(26(16-5-6-16)21(27)19-13-23-8-11-29-19)15-4-7-17-18(12-15)25(24-20(17)22)9-3-10-28-2/h4,7,12,14,16,19-20,23-24H,3,5-6,8-11,13H2,1-2H3/t14-,19-,20?/m1/s1. The average Bonchev–Trinajstić information content (AvgIpc) is 3.53. The van der Waals surface area contributed by atoms with Gasteiger partial charge in [-0.05, 0) is 37.8 Å². The number of benzene rings is 1. The van der Waals surface area contributed by atoms with Gasteiger partial charge >= 0.3 is 0 Å². The molecule has 8 heteroatoms. The zero-order valence-electron chi connectivity index (χ0n) is 17.2. The van der Waals surface area contributed by atoms with Gasteiger partial charge in [0.25, 0.3) is 5.91 Å². The number of nitrogens with one attached hydrogen (secondary N) is 2. The first-order valence-corrected chi connectivity index (χ1v) is 10.5. The summed E-state index contributed by atoms with van der Waals surface area (Å²) in [4.78, 5) is 15.2. The van der Waals surface area contributed by atoms with Crippen LogP contribution < -0.4 is 15.8 Å². The van der Waals surface area contributed by atoms with E-state index < -0.39 is 12.4 Å². The zero-order chi connectivity index (χ0) is 20.4. The maximum Gasteiger partial charge on any atom is 0.253 e. The molecule has 7 nitrogen and oxygen atoms in total. The molecule has 29 heavy (non-hydrogen) atoms. The molecule has 1 saturated heterocycles. The van der Waals surface area contributed by atoms with E-state index in [1.54, 1.807) is 7.11 Å². The SMILES string of the molecule is COCCCN1NC(F)c2ccc([C@@H](C)N(C(=O)[C@H]3CNCCO3)C3CC3)cc21. The minimum Gasteiger partial charge on any atom is -0.385 e. The van der Waals surface area contributed by atoms with E-state index in [2.05, 4.69) is 17.7 Å². The molecule has 2 heterocycles. The van der Waals surface area contributed by atoms with Crippen LogP contribution in [-0.4, -0.2) is 62.9 Å². The van der Waals surface area contributed by atoms with Crippen molar-refractivity contribution in [2.24, 2.45) is 0 Å². The maximum atomic E-state index is 14.4. The lowest BCUT2D eigenvalue weighted by Crippen LogP contribution is -2.50. The van der Waals surface area contributed by atoms with Crippen molar-refractivity contribution in [1.82, 2.24) is 15.6 Å². The summed E-state index contributed by atoms with van der Waals surface area (Å²) >= 11 is 0. The summed E-state index contributed by atoms with van der Waals surface area (Å²) in [6, 6.07) is 5.97. The minimum absolute atomic E-state index is 0.0474. The summed E-state index contributed by atoms with van der Waals surface area (Å²) < 4.78 is 25.2. The Balaban J connectivity index is 1.53. The molecule has 1 aromatic carbocycles. The van der Waals surface area contributed by atoms with E-state index in [4.69, 9.17) is 9.47 Å².